The first-order chi connectivity index (χ1) is 10.6. The first kappa shape index (κ1) is 22.7. The van der Waals surface area contributed by atoms with Crippen LogP contribution in [0.2, 0.25) is 0 Å². The molecule has 1 heteroatoms. The standard InChI is InChI=1S/C21H43I/c1-5-6-13-19(2)14-10-8-7-9-11-15-20(3)16-12-17-21(4)18-22/h19-21H,5-18H2,1-4H3. The summed E-state index contributed by atoms with van der Waals surface area (Å²) < 4.78 is 1.32. The van der Waals surface area contributed by atoms with Gasteiger partial charge in [-0.3, -0.25) is 0 Å². The molecule has 0 aromatic rings. The van der Waals surface area contributed by atoms with Crippen molar-refractivity contribution < 1.29 is 0 Å². The van der Waals surface area contributed by atoms with Gasteiger partial charge in [-0.25, -0.2) is 0 Å². The van der Waals surface area contributed by atoms with Crippen LogP contribution in [0.15, 0.2) is 0 Å². The van der Waals surface area contributed by atoms with Crippen molar-refractivity contribution >= 4 is 22.6 Å². The third-order valence-electron chi connectivity index (χ3n) is 5.10. The van der Waals surface area contributed by atoms with E-state index in [1.165, 1.54) is 87.9 Å². The third kappa shape index (κ3) is 15.6. The van der Waals surface area contributed by atoms with Crippen molar-refractivity contribution in [3.63, 3.8) is 0 Å². The van der Waals surface area contributed by atoms with Crippen molar-refractivity contribution in [1.29, 1.82) is 0 Å². The average molecular weight is 422 g/mol. The molecule has 3 unspecified atom stereocenters. The number of hydrogen-bond donors (Lipinski definition) is 0. The van der Waals surface area contributed by atoms with Gasteiger partial charge in [0.25, 0.3) is 0 Å². The second-order valence-corrected chi connectivity index (χ2v) is 8.77. The van der Waals surface area contributed by atoms with Gasteiger partial charge < -0.3 is 0 Å². The minimum absolute atomic E-state index is 0.924. The third-order valence-corrected chi connectivity index (χ3v) is 6.61. The number of halogens is 1. The van der Waals surface area contributed by atoms with E-state index in [0.717, 1.165) is 17.8 Å². The largest absolute Gasteiger partial charge is 0.0861 e. The Morgan fingerprint density at radius 3 is 1.45 bits per heavy atom. The summed E-state index contributed by atoms with van der Waals surface area (Å²) in [5.74, 6) is 2.84. The Bertz CT molecular complexity index is 214. The molecule has 0 aliphatic carbocycles. The molecule has 0 saturated heterocycles. The van der Waals surface area contributed by atoms with Gasteiger partial charge in [-0.05, 0) is 24.2 Å². The topological polar surface area (TPSA) is 0 Å². The van der Waals surface area contributed by atoms with Crippen LogP contribution < -0.4 is 0 Å². The fraction of sp³-hybridized carbons (Fsp3) is 1.00. The lowest BCUT2D eigenvalue weighted by atomic mass is 9.94. The molecule has 0 bridgehead atoms. The summed E-state index contributed by atoms with van der Waals surface area (Å²) in [6, 6.07) is 0. The van der Waals surface area contributed by atoms with Crippen LogP contribution in [0.3, 0.4) is 0 Å². The van der Waals surface area contributed by atoms with E-state index in [0.29, 0.717) is 0 Å². The summed E-state index contributed by atoms with van der Waals surface area (Å²) in [5.41, 5.74) is 0. The SMILES string of the molecule is CCCCC(C)CCCCCCCC(C)CCCC(C)CI. The lowest BCUT2D eigenvalue weighted by molar-refractivity contribution is 0.413. The number of rotatable bonds is 16. The minimum Gasteiger partial charge on any atom is -0.0861 e. The van der Waals surface area contributed by atoms with Gasteiger partial charge in [0.2, 0.25) is 0 Å². The predicted octanol–water partition coefficient (Wildman–Crippen LogP) is 8.42. The molecule has 0 spiro atoms. The Hall–Kier alpha value is 0.730. The Balaban J connectivity index is 3.28. The normalized spacial score (nSPS) is 15.7. The lowest BCUT2D eigenvalue weighted by Gasteiger charge is -2.13. The van der Waals surface area contributed by atoms with Crippen LogP contribution in [0.5, 0.6) is 0 Å². The van der Waals surface area contributed by atoms with E-state index in [9.17, 15) is 0 Å². The smallest absolute Gasteiger partial charge is 0.00210 e. The van der Waals surface area contributed by atoms with Crippen molar-refractivity contribution in [2.24, 2.45) is 17.8 Å². The van der Waals surface area contributed by atoms with Crippen molar-refractivity contribution in [2.45, 2.75) is 111 Å². The van der Waals surface area contributed by atoms with Gasteiger partial charge in [-0.15, -0.1) is 0 Å². The highest BCUT2D eigenvalue weighted by molar-refractivity contribution is 14.1. The number of alkyl halides is 1. The molecule has 0 aliphatic heterocycles. The molecule has 0 N–H and O–H groups in total. The second-order valence-electron chi connectivity index (χ2n) is 7.89. The van der Waals surface area contributed by atoms with Crippen LogP contribution in [-0.4, -0.2) is 4.43 Å². The first-order valence-corrected chi connectivity index (χ1v) is 11.7. The molecule has 0 nitrogen and oxygen atoms in total. The van der Waals surface area contributed by atoms with Gasteiger partial charge in [0.05, 0.1) is 0 Å². The van der Waals surface area contributed by atoms with Crippen LogP contribution in [-0.2, 0) is 0 Å². The zero-order chi connectivity index (χ0) is 16.6. The Morgan fingerprint density at radius 2 is 0.955 bits per heavy atom. The van der Waals surface area contributed by atoms with E-state index in [1.807, 2.05) is 0 Å². The highest BCUT2D eigenvalue weighted by Crippen LogP contribution is 2.20. The van der Waals surface area contributed by atoms with E-state index in [1.54, 1.807) is 0 Å². The van der Waals surface area contributed by atoms with Gasteiger partial charge in [0.1, 0.15) is 0 Å². The molecule has 0 radical (unpaired) electrons. The van der Waals surface area contributed by atoms with E-state index in [2.05, 4.69) is 50.3 Å². The average Bonchev–Trinajstić information content (AvgIpc) is 2.51. The summed E-state index contributed by atoms with van der Waals surface area (Å²) in [6.07, 6.45) is 18.8. The zero-order valence-corrected chi connectivity index (χ0v) is 18.2. The molecular formula is C21H43I. The van der Waals surface area contributed by atoms with E-state index in [4.69, 9.17) is 0 Å². The number of hydrogen-bond acceptors (Lipinski definition) is 0. The summed E-state index contributed by atoms with van der Waals surface area (Å²) in [7, 11) is 0. The molecule has 0 rings (SSSR count). The van der Waals surface area contributed by atoms with Crippen molar-refractivity contribution in [3.05, 3.63) is 0 Å². The Morgan fingerprint density at radius 1 is 0.545 bits per heavy atom. The summed E-state index contributed by atoms with van der Waals surface area (Å²) >= 11 is 2.52. The maximum absolute atomic E-state index is 2.52. The Kier molecular flexibility index (Phi) is 17.1. The second kappa shape index (κ2) is 16.6. The van der Waals surface area contributed by atoms with Gasteiger partial charge in [0.15, 0.2) is 0 Å². The molecule has 0 aromatic heterocycles. The predicted molar refractivity (Wildman–Crippen MR) is 112 cm³/mol. The van der Waals surface area contributed by atoms with E-state index >= 15 is 0 Å². The van der Waals surface area contributed by atoms with Gasteiger partial charge in [-0.2, -0.15) is 0 Å². The minimum atomic E-state index is 0.924. The summed E-state index contributed by atoms with van der Waals surface area (Å²) in [6.45, 7) is 9.60. The van der Waals surface area contributed by atoms with Crippen molar-refractivity contribution in [1.82, 2.24) is 0 Å². The monoisotopic (exact) mass is 422 g/mol. The van der Waals surface area contributed by atoms with Crippen LogP contribution >= 0.6 is 22.6 Å². The van der Waals surface area contributed by atoms with E-state index in [-0.39, 0.29) is 0 Å². The summed E-state index contributed by atoms with van der Waals surface area (Å²) in [4.78, 5) is 0. The number of unbranched alkanes of at least 4 members (excludes halogenated alkanes) is 5. The van der Waals surface area contributed by atoms with Gasteiger partial charge >= 0.3 is 0 Å². The summed E-state index contributed by atoms with van der Waals surface area (Å²) in [5, 5.41) is 0. The first-order valence-electron chi connectivity index (χ1n) is 10.2. The van der Waals surface area contributed by atoms with Gasteiger partial charge in [0, 0.05) is 4.43 Å². The zero-order valence-electron chi connectivity index (χ0n) is 16.0. The Labute approximate surface area is 155 Å². The van der Waals surface area contributed by atoms with Crippen molar-refractivity contribution in [2.75, 3.05) is 4.43 Å². The molecule has 0 fully saturated rings. The van der Waals surface area contributed by atoms with Crippen LogP contribution in [0.25, 0.3) is 0 Å². The maximum Gasteiger partial charge on any atom is 0.00210 e. The fourth-order valence-corrected chi connectivity index (χ4v) is 3.69. The highest BCUT2D eigenvalue weighted by Gasteiger charge is 2.05. The quantitative estimate of drug-likeness (QED) is 0.133. The van der Waals surface area contributed by atoms with E-state index < -0.39 is 0 Å². The van der Waals surface area contributed by atoms with Crippen molar-refractivity contribution in [3.8, 4) is 0 Å². The van der Waals surface area contributed by atoms with Crippen LogP contribution in [0.1, 0.15) is 111 Å². The molecule has 3 atom stereocenters. The molecule has 0 aromatic carbocycles. The maximum atomic E-state index is 2.52. The molecular weight excluding hydrogens is 379 g/mol. The lowest BCUT2D eigenvalue weighted by Crippen LogP contribution is -1.99. The molecule has 0 amide bonds. The molecule has 22 heavy (non-hydrogen) atoms. The molecule has 0 aliphatic rings. The molecule has 0 saturated carbocycles. The highest BCUT2D eigenvalue weighted by atomic mass is 127. The van der Waals surface area contributed by atoms with Gasteiger partial charge in [-0.1, -0.05) is 127 Å². The van der Waals surface area contributed by atoms with Crippen LogP contribution in [0.4, 0.5) is 0 Å². The molecule has 134 valence electrons. The van der Waals surface area contributed by atoms with Crippen LogP contribution in [0, 0.1) is 17.8 Å². The molecule has 0 heterocycles. The fourth-order valence-electron chi connectivity index (χ4n) is 3.25.